The first-order valence-electron chi connectivity index (χ1n) is 17.4. The molecule has 0 bridgehead atoms. The standard InChI is InChI=1S/C42H45N3O5Si/c1-29-25-32(43-27-33(46)28-45-40(48)36-20-12-13-21-37(36)41(45)49)26-30(2)38(29)44-23-14-15-31(39(44)47)22-24-50-51(42(3,4)5,34-16-8-6-9-17-34)35-18-10-7-11-19-35/h6-21,23,25-26,33,43,46H,22,24,27-28H2,1-5H3/t33-/m1/s1. The summed E-state index contributed by atoms with van der Waals surface area (Å²) in [6.45, 7) is 11.1. The molecule has 1 aliphatic heterocycles. The van der Waals surface area contributed by atoms with Gasteiger partial charge in [0.1, 0.15) is 0 Å². The number of anilines is 1. The predicted octanol–water partition coefficient (Wildman–Crippen LogP) is 5.64. The highest BCUT2D eigenvalue weighted by atomic mass is 28.4. The summed E-state index contributed by atoms with van der Waals surface area (Å²) < 4.78 is 8.77. The smallest absolute Gasteiger partial charge is 0.261 e. The Kier molecular flexibility index (Phi) is 10.3. The fourth-order valence-electron chi connectivity index (χ4n) is 7.33. The van der Waals surface area contributed by atoms with Gasteiger partial charge in [0.15, 0.2) is 0 Å². The number of carbonyl (C=O) groups is 2. The van der Waals surface area contributed by atoms with Gasteiger partial charge in [-0.25, -0.2) is 0 Å². The number of imide groups is 1. The zero-order chi connectivity index (χ0) is 36.3. The van der Waals surface area contributed by atoms with Crippen molar-refractivity contribution in [1.29, 1.82) is 0 Å². The second kappa shape index (κ2) is 14.6. The lowest BCUT2D eigenvalue weighted by atomic mass is 10.1. The number of nitrogens with one attached hydrogen (secondary N) is 1. The maximum absolute atomic E-state index is 14.0. The number of hydrogen-bond donors (Lipinski definition) is 2. The van der Waals surface area contributed by atoms with Crippen molar-refractivity contribution in [1.82, 2.24) is 9.47 Å². The highest BCUT2D eigenvalue weighted by molar-refractivity contribution is 6.99. The molecule has 4 aromatic carbocycles. The Balaban J connectivity index is 1.17. The number of aliphatic hydroxyl groups excluding tert-OH is 1. The quantitative estimate of drug-likeness (QED) is 0.129. The Labute approximate surface area is 300 Å². The van der Waals surface area contributed by atoms with Gasteiger partial charge in [0.2, 0.25) is 0 Å². The van der Waals surface area contributed by atoms with E-state index in [1.807, 2.05) is 50.2 Å². The number of hydrogen-bond acceptors (Lipinski definition) is 6. The van der Waals surface area contributed by atoms with Gasteiger partial charge >= 0.3 is 0 Å². The summed E-state index contributed by atoms with van der Waals surface area (Å²) in [6, 6.07) is 35.3. The van der Waals surface area contributed by atoms with Crippen LogP contribution in [0.15, 0.2) is 120 Å². The Bertz CT molecular complexity index is 2010. The first kappa shape index (κ1) is 35.7. The maximum Gasteiger partial charge on any atom is 0.261 e. The van der Waals surface area contributed by atoms with E-state index in [-0.39, 0.29) is 23.7 Å². The number of amides is 2. The number of nitrogens with zero attached hydrogens (tertiary/aromatic N) is 2. The number of fused-ring (bicyclic) bond motifs is 1. The van der Waals surface area contributed by atoms with Crippen LogP contribution in [0.2, 0.25) is 5.04 Å². The molecular formula is C42H45N3O5Si. The lowest BCUT2D eigenvalue weighted by molar-refractivity contribution is 0.0557. The molecule has 0 saturated heterocycles. The molecule has 6 rings (SSSR count). The van der Waals surface area contributed by atoms with E-state index in [2.05, 4.69) is 74.6 Å². The second-order valence-electron chi connectivity index (χ2n) is 14.2. The first-order chi connectivity index (χ1) is 24.4. The molecule has 5 aromatic rings. The fourth-order valence-corrected chi connectivity index (χ4v) is 11.9. The van der Waals surface area contributed by atoms with E-state index in [0.29, 0.717) is 29.7 Å². The van der Waals surface area contributed by atoms with E-state index < -0.39 is 26.2 Å². The van der Waals surface area contributed by atoms with Gasteiger partial charge in [0.05, 0.1) is 29.5 Å². The molecule has 0 radical (unpaired) electrons. The minimum atomic E-state index is -2.74. The molecular weight excluding hydrogens is 655 g/mol. The van der Waals surface area contributed by atoms with Gasteiger partial charge in [-0.1, -0.05) is 99.6 Å². The number of benzene rings is 4. The molecule has 2 N–H and O–H groups in total. The average molecular weight is 700 g/mol. The average Bonchev–Trinajstić information content (AvgIpc) is 3.35. The third kappa shape index (κ3) is 6.97. The van der Waals surface area contributed by atoms with Crippen LogP contribution in [0.4, 0.5) is 5.69 Å². The topological polar surface area (TPSA) is 101 Å². The van der Waals surface area contributed by atoms with Crippen LogP contribution in [0.1, 0.15) is 58.2 Å². The summed E-state index contributed by atoms with van der Waals surface area (Å²) in [7, 11) is -2.74. The van der Waals surface area contributed by atoms with Crippen molar-refractivity contribution in [3.8, 4) is 5.69 Å². The molecule has 2 amide bonds. The number of aromatic nitrogens is 1. The van der Waals surface area contributed by atoms with E-state index in [9.17, 15) is 19.5 Å². The van der Waals surface area contributed by atoms with Gasteiger partial charge in [0, 0.05) is 30.6 Å². The molecule has 0 unspecified atom stereocenters. The Morgan fingerprint density at radius 1 is 0.765 bits per heavy atom. The maximum atomic E-state index is 14.0. The molecule has 0 saturated carbocycles. The number of pyridine rings is 1. The summed E-state index contributed by atoms with van der Waals surface area (Å²) in [5, 5.41) is 16.2. The van der Waals surface area contributed by atoms with Crippen LogP contribution in [0.5, 0.6) is 0 Å². The molecule has 1 atom stereocenters. The molecule has 51 heavy (non-hydrogen) atoms. The van der Waals surface area contributed by atoms with Gasteiger partial charge in [-0.3, -0.25) is 23.9 Å². The number of carbonyl (C=O) groups excluding carboxylic acids is 2. The van der Waals surface area contributed by atoms with Crippen molar-refractivity contribution in [3.63, 3.8) is 0 Å². The van der Waals surface area contributed by atoms with E-state index in [1.165, 1.54) is 10.4 Å². The molecule has 0 fully saturated rings. The van der Waals surface area contributed by atoms with Crippen molar-refractivity contribution in [3.05, 3.63) is 154 Å². The van der Waals surface area contributed by atoms with Gasteiger partial charge in [-0.15, -0.1) is 0 Å². The van der Waals surface area contributed by atoms with Crippen LogP contribution in [-0.2, 0) is 10.8 Å². The zero-order valence-electron chi connectivity index (χ0n) is 29.9. The molecule has 1 aliphatic rings. The number of β-amino-alcohol motifs (C(OH)–C–C–N with tert-alkyl or cyclic N) is 1. The van der Waals surface area contributed by atoms with E-state index in [1.54, 1.807) is 35.0 Å². The lowest BCUT2D eigenvalue weighted by Gasteiger charge is -2.43. The summed E-state index contributed by atoms with van der Waals surface area (Å²) in [5.41, 5.74) is 4.63. The fraction of sp³-hybridized carbons (Fsp3) is 0.262. The van der Waals surface area contributed by atoms with E-state index in [4.69, 9.17) is 4.43 Å². The van der Waals surface area contributed by atoms with Crippen LogP contribution in [0.25, 0.3) is 5.69 Å². The van der Waals surface area contributed by atoms with Crippen LogP contribution >= 0.6 is 0 Å². The highest BCUT2D eigenvalue weighted by Crippen LogP contribution is 2.37. The van der Waals surface area contributed by atoms with Crippen molar-refractivity contribution >= 4 is 36.2 Å². The van der Waals surface area contributed by atoms with E-state index in [0.717, 1.165) is 27.4 Å². The molecule has 2 heterocycles. The highest BCUT2D eigenvalue weighted by Gasteiger charge is 2.50. The van der Waals surface area contributed by atoms with Crippen LogP contribution in [0.3, 0.4) is 0 Å². The van der Waals surface area contributed by atoms with Crippen molar-refractivity contribution in [2.24, 2.45) is 0 Å². The normalized spacial score (nSPS) is 13.7. The van der Waals surface area contributed by atoms with Crippen molar-refractivity contribution in [2.75, 3.05) is 25.0 Å². The van der Waals surface area contributed by atoms with Crippen LogP contribution in [0, 0.1) is 13.8 Å². The Morgan fingerprint density at radius 3 is 1.82 bits per heavy atom. The van der Waals surface area contributed by atoms with Gasteiger partial charge < -0.3 is 14.8 Å². The van der Waals surface area contributed by atoms with Crippen molar-refractivity contribution in [2.45, 2.75) is 52.2 Å². The molecule has 8 nitrogen and oxygen atoms in total. The van der Waals surface area contributed by atoms with Crippen molar-refractivity contribution < 1.29 is 19.1 Å². The summed E-state index contributed by atoms with van der Waals surface area (Å²) in [4.78, 5) is 40.5. The number of aryl methyl sites for hydroxylation is 2. The Hall–Kier alpha value is -5.09. The Morgan fingerprint density at radius 2 is 1.29 bits per heavy atom. The van der Waals surface area contributed by atoms with Gasteiger partial charge in [-0.2, -0.15) is 0 Å². The molecule has 0 aliphatic carbocycles. The summed E-state index contributed by atoms with van der Waals surface area (Å²) in [5.74, 6) is -0.791. The second-order valence-corrected chi connectivity index (χ2v) is 18.5. The third-order valence-corrected chi connectivity index (χ3v) is 14.7. The largest absolute Gasteiger partial charge is 0.407 e. The third-order valence-electron chi connectivity index (χ3n) is 9.68. The molecule has 0 spiro atoms. The monoisotopic (exact) mass is 699 g/mol. The first-order valence-corrected chi connectivity index (χ1v) is 19.3. The number of rotatable bonds is 12. The minimum absolute atomic E-state index is 0.0909. The van der Waals surface area contributed by atoms with E-state index >= 15 is 0 Å². The summed E-state index contributed by atoms with van der Waals surface area (Å²) in [6.07, 6.45) is 1.29. The number of aliphatic hydroxyl groups is 1. The van der Waals surface area contributed by atoms with Crippen LogP contribution < -0.4 is 21.2 Å². The SMILES string of the molecule is Cc1cc(NC[C@@H](O)CN2C(=O)c3ccccc3C2=O)cc(C)c1-n1cccc(CCO[Si](c2ccccc2)(c2ccccc2)C(C)(C)C)c1=O. The van der Waals surface area contributed by atoms with Gasteiger partial charge in [0.25, 0.3) is 25.7 Å². The zero-order valence-corrected chi connectivity index (χ0v) is 30.9. The molecule has 1 aromatic heterocycles. The minimum Gasteiger partial charge on any atom is -0.407 e. The summed E-state index contributed by atoms with van der Waals surface area (Å²) >= 11 is 0. The molecule has 262 valence electrons. The van der Waals surface area contributed by atoms with Crippen LogP contribution in [-0.4, -0.2) is 60.5 Å². The molecule has 9 heteroatoms. The van der Waals surface area contributed by atoms with Gasteiger partial charge in [-0.05, 0) is 77.1 Å². The predicted molar refractivity (Wildman–Crippen MR) is 205 cm³/mol. The lowest BCUT2D eigenvalue weighted by Crippen LogP contribution is -2.66.